The summed E-state index contributed by atoms with van der Waals surface area (Å²) in [6.07, 6.45) is 0.951. The van der Waals surface area contributed by atoms with E-state index in [0.717, 1.165) is 62.2 Å². The van der Waals surface area contributed by atoms with Crippen molar-refractivity contribution in [2.75, 3.05) is 48.4 Å². The van der Waals surface area contributed by atoms with Crippen LogP contribution in [0.1, 0.15) is 11.3 Å². The van der Waals surface area contributed by atoms with Gasteiger partial charge in [0.25, 0.3) is 0 Å². The number of hydrogen-bond donors (Lipinski definition) is 2. The number of morpholine rings is 1. The zero-order chi connectivity index (χ0) is 19.9. The molecule has 0 spiro atoms. The zero-order valence-corrected chi connectivity index (χ0v) is 16.8. The van der Waals surface area contributed by atoms with E-state index < -0.39 is 0 Å². The number of nitrogens with one attached hydrogen (secondary N) is 2. The second-order valence-electron chi connectivity index (χ2n) is 7.12. The highest BCUT2D eigenvalue weighted by atomic mass is 16.5. The van der Waals surface area contributed by atoms with Gasteiger partial charge in [0.2, 0.25) is 5.95 Å². The first-order chi connectivity index (χ1) is 14.3. The lowest BCUT2D eigenvalue weighted by atomic mass is 10.1. The van der Waals surface area contributed by atoms with Crippen LogP contribution in [-0.2, 0) is 11.2 Å². The third-order valence-electron chi connectivity index (χ3n) is 4.92. The second kappa shape index (κ2) is 9.39. The number of para-hydroxylation sites is 2. The van der Waals surface area contributed by atoms with Gasteiger partial charge in [-0.3, -0.25) is 0 Å². The van der Waals surface area contributed by atoms with Gasteiger partial charge in [0.1, 0.15) is 5.82 Å². The molecule has 0 amide bonds. The van der Waals surface area contributed by atoms with Crippen LogP contribution >= 0.6 is 0 Å². The third-order valence-corrected chi connectivity index (χ3v) is 4.92. The molecule has 1 aromatic heterocycles. The molecule has 0 unspecified atom stereocenters. The maximum atomic E-state index is 5.49. The highest BCUT2D eigenvalue weighted by molar-refractivity contribution is 5.73. The summed E-state index contributed by atoms with van der Waals surface area (Å²) in [6.45, 7) is 6.10. The molecule has 1 saturated heterocycles. The molecule has 2 heterocycles. The lowest BCUT2D eigenvalue weighted by molar-refractivity contribution is 0.123. The Labute approximate surface area is 172 Å². The summed E-state index contributed by atoms with van der Waals surface area (Å²) in [6, 6.07) is 20.7. The van der Waals surface area contributed by atoms with Crippen LogP contribution in [0.25, 0.3) is 0 Å². The molecule has 6 nitrogen and oxygen atoms in total. The molecule has 2 N–H and O–H groups in total. The number of benzene rings is 2. The lowest BCUT2D eigenvalue weighted by Crippen LogP contribution is -2.36. The van der Waals surface area contributed by atoms with E-state index in [1.807, 2.05) is 25.1 Å². The first-order valence-corrected chi connectivity index (χ1v) is 10.1. The average Bonchev–Trinajstić information content (AvgIpc) is 2.75. The molecule has 2 aromatic carbocycles. The van der Waals surface area contributed by atoms with Gasteiger partial charge in [0.05, 0.1) is 24.6 Å². The van der Waals surface area contributed by atoms with E-state index in [-0.39, 0.29) is 0 Å². The van der Waals surface area contributed by atoms with Crippen molar-refractivity contribution in [2.45, 2.75) is 13.3 Å². The lowest BCUT2D eigenvalue weighted by Gasteiger charge is -2.30. The Kier molecular flexibility index (Phi) is 6.22. The maximum Gasteiger partial charge on any atom is 0.229 e. The monoisotopic (exact) mass is 389 g/mol. The van der Waals surface area contributed by atoms with Gasteiger partial charge in [0, 0.05) is 31.4 Å². The molecule has 3 aromatic rings. The summed E-state index contributed by atoms with van der Waals surface area (Å²) in [7, 11) is 0. The highest BCUT2D eigenvalue weighted by Gasteiger charge is 2.15. The first-order valence-electron chi connectivity index (χ1n) is 10.1. The molecule has 0 radical (unpaired) electrons. The van der Waals surface area contributed by atoms with Crippen LogP contribution in [-0.4, -0.2) is 42.8 Å². The molecule has 4 rings (SSSR count). The van der Waals surface area contributed by atoms with Crippen LogP contribution in [0, 0.1) is 6.92 Å². The van der Waals surface area contributed by atoms with Gasteiger partial charge in [-0.25, -0.2) is 4.98 Å². The van der Waals surface area contributed by atoms with Gasteiger partial charge < -0.3 is 20.3 Å². The normalized spacial score (nSPS) is 13.9. The van der Waals surface area contributed by atoms with E-state index in [1.165, 1.54) is 5.56 Å². The molecule has 1 aliphatic heterocycles. The van der Waals surface area contributed by atoms with Gasteiger partial charge in [-0.2, -0.15) is 4.98 Å². The Balaban J connectivity index is 1.45. The minimum Gasteiger partial charge on any atom is -0.378 e. The van der Waals surface area contributed by atoms with Crippen molar-refractivity contribution in [1.82, 2.24) is 9.97 Å². The van der Waals surface area contributed by atoms with Crippen LogP contribution < -0.4 is 15.5 Å². The topological polar surface area (TPSA) is 62.3 Å². The number of rotatable bonds is 7. The molecule has 6 heteroatoms. The molecule has 0 bridgehead atoms. The van der Waals surface area contributed by atoms with E-state index >= 15 is 0 Å². The van der Waals surface area contributed by atoms with Gasteiger partial charge >= 0.3 is 0 Å². The van der Waals surface area contributed by atoms with E-state index in [2.05, 4.69) is 68.0 Å². The third kappa shape index (κ3) is 5.23. The molecular weight excluding hydrogens is 362 g/mol. The summed E-state index contributed by atoms with van der Waals surface area (Å²) >= 11 is 0. The van der Waals surface area contributed by atoms with Crippen LogP contribution in [0.15, 0.2) is 60.7 Å². The molecule has 1 aliphatic rings. The minimum absolute atomic E-state index is 0.605. The Morgan fingerprint density at radius 3 is 2.55 bits per heavy atom. The molecular formula is C23H27N5O. The fourth-order valence-corrected chi connectivity index (χ4v) is 3.47. The summed E-state index contributed by atoms with van der Waals surface area (Å²) in [5.41, 5.74) is 4.40. The standard InChI is InChI=1S/C23H27N5O/c1-18-17-22(24-12-11-19-7-3-2-4-8-19)27-23(25-18)26-20-9-5-6-10-21(20)28-13-15-29-16-14-28/h2-10,17H,11-16H2,1H3,(H2,24,25,26,27). The van der Waals surface area contributed by atoms with Crippen molar-refractivity contribution in [2.24, 2.45) is 0 Å². The minimum atomic E-state index is 0.605. The quantitative estimate of drug-likeness (QED) is 0.636. The summed E-state index contributed by atoms with van der Waals surface area (Å²) in [5.74, 6) is 1.44. The first kappa shape index (κ1) is 19.2. The molecule has 29 heavy (non-hydrogen) atoms. The largest absolute Gasteiger partial charge is 0.378 e. The van der Waals surface area contributed by atoms with Gasteiger partial charge in [-0.1, -0.05) is 42.5 Å². The molecule has 1 fully saturated rings. The Bertz CT molecular complexity index is 926. The summed E-state index contributed by atoms with van der Waals surface area (Å²) in [5, 5.41) is 6.83. The summed E-state index contributed by atoms with van der Waals surface area (Å²) < 4.78 is 5.49. The SMILES string of the molecule is Cc1cc(NCCc2ccccc2)nc(Nc2ccccc2N2CCOCC2)n1. The zero-order valence-electron chi connectivity index (χ0n) is 16.8. The van der Waals surface area contributed by atoms with E-state index in [1.54, 1.807) is 0 Å². The highest BCUT2D eigenvalue weighted by Crippen LogP contribution is 2.28. The molecule has 0 aliphatic carbocycles. The van der Waals surface area contributed by atoms with E-state index in [0.29, 0.717) is 5.95 Å². The molecule has 150 valence electrons. The molecule has 0 atom stereocenters. The smallest absolute Gasteiger partial charge is 0.229 e. The van der Waals surface area contributed by atoms with Crippen LogP contribution in [0.5, 0.6) is 0 Å². The molecule has 0 saturated carbocycles. The van der Waals surface area contributed by atoms with Crippen molar-refractivity contribution in [3.63, 3.8) is 0 Å². The van der Waals surface area contributed by atoms with E-state index in [4.69, 9.17) is 4.74 Å². The van der Waals surface area contributed by atoms with Crippen molar-refractivity contribution in [3.8, 4) is 0 Å². The fraction of sp³-hybridized carbons (Fsp3) is 0.304. The number of anilines is 4. The van der Waals surface area contributed by atoms with Crippen LogP contribution in [0.4, 0.5) is 23.1 Å². The second-order valence-corrected chi connectivity index (χ2v) is 7.12. The van der Waals surface area contributed by atoms with Crippen molar-refractivity contribution < 1.29 is 4.74 Å². The number of ether oxygens (including phenoxy) is 1. The van der Waals surface area contributed by atoms with Crippen LogP contribution in [0.2, 0.25) is 0 Å². The van der Waals surface area contributed by atoms with Gasteiger partial charge in [-0.05, 0) is 31.0 Å². The summed E-state index contributed by atoms with van der Waals surface area (Å²) in [4.78, 5) is 11.6. The predicted octanol–water partition coefficient (Wildman–Crippen LogP) is 4.02. The maximum absolute atomic E-state index is 5.49. The number of hydrogen-bond acceptors (Lipinski definition) is 6. The van der Waals surface area contributed by atoms with Crippen molar-refractivity contribution in [1.29, 1.82) is 0 Å². The number of nitrogens with zero attached hydrogens (tertiary/aromatic N) is 3. The van der Waals surface area contributed by atoms with Gasteiger partial charge in [0.15, 0.2) is 0 Å². The predicted molar refractivity (Wildman–Crippen MR) is 118 cm³/mol. The van der Waals surface area contributed by atoms with Crippen molar-refractivity contribution in [3.05, 3.63) is 71.9 Å². The number of aryl methyl sites for hydroxylation is 1. The Morgan fingerprint density at radius 1 is 0.966 bits per heavy atom. The fourth-order valence-electron chi connectivity index (χ4n) is 3.47. The van der Waals surface area contributed by atoms with Gasteiger partial charge in [-0.15, -0.1) is 0 Å². The van der Waals surface area contributed by atoms with Crippen LogP contribution in [0.3, 0.4) is 0 Å². The Hall–Kier alpha value is -3.12. The number of aromatic nitrogens is 2. The Morgan fingerprint density at radius 2 is 1.72 bits per heavy atom. The van der Waals surface area contributed by atoms with Crippen molar-refractivity contribution >= 4 is 23.1 Å². The average molecular weight is 390 g/mol. The van der Waals surface area contributed by atoms with E-state index in [9.17, 15) is 0 Å².